The molecule has 0 bridgehead atoms. The summed E-state index contributed by atoms with van der Waals surface area (Å²) in [4.78, 5) is 11.7. The molecule has 1 aromatic carbocycles. The second-order valence-electron chi connectivity index (χ2n) is 5.40. The molecule has 1 aliphatic heterocycles. The number of hydrogen-bond donors (Lipinski definition) is 1. The van der Waals surface area contributed by atoms with Gasteiger partial charge in [0.25, 0.3) is 0 Å². The van der Waals surface area contributed by atoms with E-state index in [0.29, 0.717) is 0 Å². The molecular weight excluding hydrogens is 252 g/mol. The van der Waals surface area contributed by atoms with Crippen molar-refractivity contribution in [2.24, 2.45) is 11.8 Å². The summed E-state index contributed by atoms with van der Waals surface area (Å²) in [5, 5.41) is 2.42. The van der Waals surface area contributed by atoms with Crippen molar-refractivity contribution < 1.29 is 18.3 Å². The number of amides is 1. The number of carbonyl (C=O) groups is 1. The second kappa shape index (κ2) is 4.47. The lowest BCUT2D eigenvalue weighted by atomic mass is 9.73. The standard InChI is InChI=1S/C14H17F2NO2/c1-7(2)14(8(3)4)11-10(17-13(18)19-14)6-5-9(15)12(11)16/h5-8H,1-4H3,(H,17,18). The van der Waals surface area contributed by atoms with E-state index in [0.717, 1.165) is 6.07 Å². The quantitative estimate of drug-likeness (QED) is 0.880. The van der Waals surface area contributed by atoms with E-state index in [1.165, 1.54) is 6.07 Å². The maximum Gasteiger partial charge on any atom is 0.412 e. The van der Waals surface area contributed by atoms with Crippen molar-refractivity contribution in [3.63, 3.8) is 0 Å². The molecule has 2 rings (SSSR count). The Morgan fingerprint density at radius 1 is 1.16 bits per heavy atom. The van der Waals surface area contributed by atoms with Gasteiger partial charge in [-0.25, -0.2) is 13.6 Å². The van der Waals surface area contributed by atoms with Crippen molar-refractivity contribution in [3.05, 3.63) is 29.3 Å². The van der Waals surface area contributed by atoms with Gasteiger partial charge in [0, 0.05) is 0 Å². The molecule has 0 radical (unpaired) electrons. The molecule has 0 fully saturated rings. The van der Waals surface area contributed by atoms with E-state index in [-0.39, 0.29) is 23.1 Å². The summed E-state index contributed by atoms with van der Waals surface area (Å²) >= 11 is 0. The lowest BCUT2D eigenvalue weighted by Crippen LogP contribution is -2.48. The molecule has 0 saturated carbocycles. The van der Waals surface area contributed by atoms with Crippen LogP contribution in [0.1, 0.15) is 33.3 Å². The molecule has 1 aromatic rings. The van der Waals surface area contributed by atoms with Crippen molar-refractivity contribution in [1.82, 2.24) is 0 Å². The van der Waals surface area contributed by atoms with E-state index < -0.39 is 23.3 Å². The summed E-state index contributed by atoms with van der Waals surface area (Å²) in [6.07, 6.45) is -0.638. The summed E-state index contributed by atoms with van der Waals surface area (Å²) in [7, 11) is 0. The highest BCUT2D eigenvalue weighted by Crippen LogP contribution is 2.48. The van der Waals surface area contributed by atoms with E-state index in [1.807, 2.05) is 27.7 Å². The number of fused-ring (bicyclic) bond motifs is 1. The van der Waals surface area contributed by atoms with E-state index in [9.17, 15) is 13.6 Å². The monoisotopic (exact) mass is 269 g/mol. The number of carbonyl (C=O) groups excluding carboxylic acids is 1. The van der Waals surface area contributed by atoms with Crippen LogP contribution in [0.25, 0.3) is 0 Å². The summed E-state index contributed by atoms with van der Waals surface area (Å²) in [5.74, 6) is -2.27. The van der Waals surface area contributed by atoms with Crippen molar-refractivity contribution in [2.75, 3.05) is 5.32 Å². The Hall–Kier alpha value is -1.65. The maximum absolute atomic E-state index is 14.2. The number of benzene rings is 1. The number of nitrogens with one attached hydrogen (secondary N) is 1. The van der Waals surface area contributed by atoms with E-state index in [2.05, 4.69) is 5.32 Å². The molecule has 19 heavy (non-hydrogen) atoms. The third kappa shape index (κ3) is 1.88. The highest BCUT2D eigenvalue weighted by Gasteiger charge is 2.49. The Labute approximate surface area is 111 Å². The largest absolute Gasteiger partial charge is 0.437 e. The van der Waals surface area contributed by atoms with Gasteiger partial charge in [0.2, 0.25) is 0 Å². The van der Waals surface area contributed by atoms with Crippen LogP contribution in [0.15, 0.2) is 12.1 Å². The molecule has 0 aliphatic carbocycles. The fourth-order valence-corrected chi connectivity index (χ4v) is 2.86. The molecule has 1 heterocycles. The fourth-order valence-electron chi connectivity index (χ4n) is 2.86. The van der Waals surface area contributed by atoms with Crippen molar-refractivity contribution in [2.45, 2.75) is 33.3 Å². The molecule has 0 aromatic heterocycles. The molecule has 0 unspecified atom stereocenters. The average Bonchev–Trinajstić information content (AvgIpc) is 2.32. The SMILES string of the molecule is CC(C)C1(C(C)C)OC(=O)Nc2ccc(F)c(F)c21. The third-order valence-electron chi connectivity index (χ3n) is 3.70. The van der Waals surface area contributed by atoms with Crippen LogP contribution in [0.5, 0.6) is 0 Å². The van der Waals surface area contributed by atoms with Crippen LogP contribution >= 0.6 is 0 Å². The first-order valence-electron chi connectivity index (χ1n) is 6.29. The summed E-state index contributed by atoms with van der Waals surface area (Å²) in [5.41, 5.74) is -0.793. The Morgan fingerprint density at radius 3 is 2.26 bits per heavy atom. The first-order chi connectivity index (χ1) is 8.80. The van der Waals surface area contributed by atoms with Gasteiger partial charge in [0.05, 0.1) is 11.3 Å². The summed E-state index contributed by atoms with van der Waals surface area (Å²) in [6.45, 7) is 7.30. The number of rotatable bonds is 2. The Kier molecular flexibility index (Phi) is 3.24. The van der Waals surface area contributed by atoms with Gasteiger partial charge in [-0.1, -0.05) is 27.7 Å². The van der Waals surface area contributed by atoms with E-state index in [4.69, 9.17) is 4.74 Å². The van der Waals surface area contributed by atoms with Crippen LogP contribution in [-0.4, -0.2) is 6.09 Å². The number of anilines is 1. The van der Waals surface area contributed by atoms with E-state index >= 15 is 0 Å². The van der Waals surface area contributed by atoms with Gasteiger partial charge in [-0.2, -0.15) is 0 Å². The summed E-state index contributed by atoms with van der Waals surface area (Å²) < 4.78 is 33.2. The smallest absolute Gasteiger partial charge is 0.412 e. The van der Waals surface area contributed by atoms with Crippen molar-refractivity contribution in [1.29, 1.82) is 0 Å². The van der Waals surface area contributed by atoms with Gasteiger partial charge in [-0.3, -0.25) is 5.32 Å². The lowest BCUT2D eigenvalue weighted by Gasteiger charge is -2.44. The van der Waals surface area contributed by atoms with Crippen LogP contribution in [-0.2, 0) is 10.3 Å². The molecule has 104 valence electrons. The van der Waals surface area contributed by atoms with Crippen LogP contribution in [0, 0.1) is 23.5 Å². The van der Waals surface area contributed by atoms with Gasteiger partial charge in [0.1, 0.15) is 5.60 Å². The predicted molar refractivity (Wildman–Crippen MR) is 67.8 cm³/mol. The van der Waals surface area contributed by atoms with Gasteiger partial charge in [0.15, 0.2) is 11.6 Å². The van der Waals surface area contributed by atoms with Crippen LogP contribution in [0.2, 0.25) is 0 Å². The van der Waals surface area contributed by atoms with Crippen molar-refractivity contribution >= 4 is 11.8 Å². The Bertz CT molecular complexity index is 518. The zero-order valence-corrected chi connectivity index (χ0v) is 11.4. The minimum Gasteiger partial charge on any atom is -0.437 e. The summed E-state index contributed by atoms with van der Waals surface area (Å²) in [6, 6.07) is 2.37. The third-order valence-corrected chi connectivity index (χ3v) is 3.70. The maximum atomic E-state index is 14.2. The van der Waals surface area contributed by atoms with E-state index in [1.54, 1.807) is 0 Å². The average molecular weight is 269 g/mol. The molecule has 1 N–H and O–H groups in total. The number of ether oxygens (including phenoxy) is 1. The zero-order valence-electron chi connectivity index (χ0n) is 11.4. The van der Waals surface area contributed by atoms with Crippen LogP contribution in [0.3, 0.4) is 0 Å². The second-order valence-corrected chi connectivity index (χ2v) is 5.40. The van der Waals surface area contributed by atoms with Crippen LogP contribution < -0.4 is 5.32 Å². The molecule has 3 nitrogen and oxygen atoms in total. The molecule has 0 atom stereocenters. The molecule has 1 aliphatic rings. The van der Waals surface area contributed by atoms with Gasteiger partial charge >= 0.3 is 6.09 Å². The van der Waals surface area contributed by atoms with Gasteiger partial charge < -0.3 is 4.74 Å². The molecule has 0 saturated heterocycles. The minimum atomic E-state index is -1.16. The van der Waals surface area contributed by atoms with Crippen molar-refractivity contribution in [3.8, 4) is 0 Å². The number of hydrogen-bond acceptors (Lipinski definition) is 2. The van der Waals surface area contributed by atoms with Gasteiger partial charge in [-0.05, 0) is 24.0 Å². The normalized spacial score (nSPS) is 17.2. The number of cyclic esters (lactones) is 1. The van der Waals surface area contributed by atoms with Crippen LogP contribution in [0.4, 0.5) is 19.3 Å². The first kappa shape index (κ1) is 13.8. The molecule has 0 spiro atoms. The van der Waals surface area contributed by atoms with Gasteiger partial charge in [-0.15, -0.1) is 0 Å². The molecule has 1 amide bonds. The highest BCUT2D eigenvalue weighted by atomic mass is 19.2. The minimum absolute atomic E-state index is 0.0945. The fraction of sp³-hybridized carbons (Fsp3) is 0.500. The molecule has 5 heteroatoms. The predicted octanol–water partition coefficient (Wildman–Crippen LogP) is 4.03. The number of halogens is 2. The molecular formula is C14H17F2NO2. The Morgan fingerprint density at radius 2 is 1.74 bits per heavy atom. The zero-order chi connectivity index (χ0) is 14.4. The highest BCUT2D eigenvalue weighted by molar-refractivity contribution is 5.89. The topological polar surface area (TPSA) is 38.3 Å². The first-order valence-corrected chi connectivity index (χ1v) is 6.29. The Balaban J connectivity index is 2.78. The lowest BCUT2D eigenvalue weighted by molar-refractivity contribution is -0.0658.